The summed E-state index contributed by atoms with van der Waals surface area (Å²) in [5.41, 5.74) is 6.80. The summed E-state index contributed by atoms with van der Waals surface area (Å²) in [6.07, 6.45) is 1.82. The highest BCUT2D eigenvalue weighted by atomic mass is 79.9. The zero-order chi connectivity index (χ0) is 14.6. The molecule has 110 valence electrons. The predicted molar refractivity (Wildman–Crippen MR) is 82.5 cm³/mol. The van der Waals surface area contributed by atoms with Crippen molar-refractivity contribution in [3.63, 3.8) is 0 Å². The van der Waals surface area contributed by atoms with Gasteiger partial charge < -0.3 is 15.8 Å². The molecule has 1 atom stereocenters. The molecule has 5 heteroatoms. The van der Waals surface area contributed by atoms with Crippen molar-refractivity contribution in [3.8, 4) is 0 Å². The first-order chi connectivity index (χ1) is 9.53. The SMILES string of the molecule is C[C@H](N)C(=O)NCC1(c2ccc(Br)cc2)CCOCC1. The Balaban J connectivity index is 2.17. The van der Waals surface area contributed by atoms with Gasteiger partial charge in [0.25, 0.3) is 0 Å². The Hall–Kier alpha value is -0.910. The third-order valence-electron chi connectivity index (χ3n) is 3.92. The molecule has 20 heavy (non-hydrogen) atoms. The molecule has 1 aliphatic rings. The number of amides is 1. The van der Waals surface area contributed by atoms with Crippen LogP contribution >= 0.6 is 15.9 Å². The summed E-state index contributed by atoms with van der Waals surface area (Å²) in [6.45, 7) is 3.76. The summed E-state index contributed by atoms with van der Waals surface area (Å²) in [4.78, 5) is 11.7. The lowest BCUT2D eigenvalue weighted by atomic mass is 9.74. The molecule has 1 fully saturated rings. The summed E-state index contributed by atoms with van der Waals surface area (Å²) in [7, 11) is 0. The molecule has 4 nitrogen and oxygen atoms in total. The number of ether oxygens (including phenoxy) is 1. The van der Waals surface area contributed by atoms with E-state index in [0.29, 0.717) is 6.54 Å². The summed E-state index contributed by atoms with van der Waals surface area (Å²) >= 11 is 3.46. The molecule has 0 saturated carbocycles. The molecule has 0 unspecified atom stereocenters. The van der Waals surface area contributed by atoms with Gasteiger partial charge in [-0.25, -0.2) is 0 Å². The van der Waals surface area contributed by atoms with E-state index < -0.39 is 6.04 Å². The van der Waals surface area contributed by atoms with Crippen LogP contribution in [0, 0.1) is 0 Å². The van der Waals surface area contributed by atoms with Gasteiger partial charge in [-0.05, 0) is 37.5 Å². The van der Waals surface area contributed by atoms with E-state index in [0.717, 1.165) is 30.5 Å². The van der Waals surface area contributed by atoms with Crippen LogP contribution in [-0.4, -0.2) is 31.7 Å². The maximum Gasteiger partial charge on any atom is 0.236 e. The van der Waals surface area contributed by atoms with E-state index in [-0.39, 0.29) is 11.3 Å². The fraction of sp³-hybridized carbons (Fsp3) is 0.533. The highest BCUT2D eigenvalue weighted by molar-refractivity contribution is 9.10. The number of rotatable bonds is 4. The summed E-state index contributed by atoms with van der Waals surface area (Å²) in [6, 6.07) is 7.84. The zero-order valence-corrected chi connectivity index (χ0v) is 13.3. The van der Waals surface area contributed by atoms with Crippen LogP contribution in [0.4, 0.5) is 0 Å². The summed E-state index contributed by atoms with van der Waals surface area (Å²) in [5, 5.41) is 2.97. The van der Waals surface area contributed by atoms with Gasteiger partial charge in [0, 0.05) is 29.6 Å². The fourth-order valence-electron chi connectivity index (χ4n) is 2.55. The molecule has 1 aromatic rings. The standard InChI is InChI=1S/C15H21BrN2O2/c1-11(17)14(19)18-10-15(6-8-20-9-7-15)12-2-4-13(16)5-3-12/h2-5,11H,6-10,17H2,1H3,(H,18,19)/t11-/m0/s1. The van der Waals surface area contributed by atoms with E-state index in [1.54, 1.807) is 6.92 Å². The van der Waals surface area contributed by atoms with Crippen molar-refractivity contribution in [2.75, 3.05) is 19.8 Å². The molecule has 0 radical (unpaired) electrons. The minimum Gasteiger partial charge on any atom is -0.381 e. The minimum absolute atomic E-state index is 0.0521. The molecule has 2 rings (SSSR count). The van der Waals surface area contributed by atoms with Crippen LogP contribution in [0.25, 0.3) is 0 Å². The van der Waals surface area contributed by atoms with Crippen molar-refractivity contribution in [2.24, 2.45) is 5.73 Å². The second kappa shape index (κ2) is 6.70. The molecule has 0 aliphatic carbocycles. The number of hydrogen-bond donors (Lipinski definition) is 2. The van der Waals surface area contributed by atoms with E-state index in [2.05, 4.69) is 33.4 Å². The van der Waals surface area contributed by atoms with Gasteiger partial charge >= 0.3 is 0 Å². The third kappa shape index (κ3) is 3.59. The molecule has 0 spiro atoms. The van der Waals surface area contributed by atoms with Crippen molar-refractivity contribution in [1.29, 1.82) is 0 Å². The van der Waals surface area contributed by atoms with Crippen LogP contribution in [0.1, 0.15) is 25.3 Å². The Bertz CT molecular complexity index is 453. The Morgan fingerprint density at radius 1 is 1.40 bits per heavy atom. The summed E-state index contributed by atoms with van der Waals surface area (Å²) in [5.74, 6) is -0.104. The van der Waals surface area contributed by atoms with Gasteiger partial charge in [-0.3, -0.25) is 4.79 Å². The second-order valence-electron chi connectivity index (χ2n) is 5.41. The van der Waals surface area contributed by atoms with Crippen LogP contribution in [0.15, 0.2) is 28.7 Å². The molecule has 1 saturated heterocycles. The molecule has 0 aromatic heterocycles. The average Bonchev–Trinajstić information content (AvgIpc) is 2.46. The van der Waals surface area contributed by atoms with Gasteiger partial charge in [0.2, 0.25) is 5.91 Å². The van der Waals surface area contributed by atoms with E-state index in [1.165, 1.54) is 5.56 Å². The zero-order valence-electron chi connectivity index (χ0n) is 11.7. The van der Waals surface area contributed by atoms with Crippen molar-refractivity contribution in [2.45, 2.75) is 31.2 Å². The van der Waals surface area contributed by atoms with Crippen LogP contribution in [0.2, 0.25) is 0 Å². The second-order valence-corrected chi connectivity index (χ2v) is 6.32. The van der Waals surface area contributed by atoms with Gasteiger partial charge in [-0.2, -0.15) is 0 Å². The quantitative estimate of drug-likeness (QED) is 0.880. The minimum atomic E-state index is -0.475. The Morgan fingerprint density at radius 2 is 2.00 bits per heavy atom. The fourth-order valence-corrected chi connectivity index (χ4v) is 2.81. The van der Waals surface area contributed by atoms with Crippen molar-refractivity contribution in [1.82, 2.24) is 5.32 Å². The molecule has 1 aromatic carbocycles. The number of nitrogens with two attached hydrogens (primary N) is 1. The van der Waals surface area contributed by atoms with E-state index in [1.807, 2.05) is 12.1 Å². The normalized spacial score (nSPS) is 19.4. The molecule has 1 heterocycles. The van der Waals surface area contributed by atoms with Gasteiger partial charge in [-0.15, -0.1) is 0 Å². The molecule has 1 aliphatic heterocycles. The first kappa shape index (κ1) is 15.5. The van der Waals surface area contributed by atoms with Gasteiger partial charge in [0.1, 0.15) is 0 Å². The number of nitrogens with one attached hydrogen (secondary N) is 1. The van der Waals surface area contributed by atoms with E-state index in [4.69, 9.17) is 10.5 Å². The smallest absolute Gasteiger partial charge is 0.236 e. The molecule has 1 amide bonds. The van der Waals surface area contributed by atoms with Crippen LogP contribution in [0.5, 0.6) is 0 Å². The number of benzene rings is 1. The number of carbonyl (C=O) groups excluding carboxylic acids is 1. The predicted octanol–water partition coefficient (Wildman–Crippen LogP) is 1.96. The van der Waals surface area contributed by atoms with Crippen molar-refractivity contribution < 1.29 is 9.53 Å². The Morgan fingerprint density at radius 3 is 2.55 bits per heavy atom. The third-order valence-corrected chi connectivity index (χ3v) is 4.45. The van der Waals surface area contributed by atoms with E-state index >= 15 is 0 Å². The van der Waals surface area contributed by atoms with Gasteiger partial charge in [0.05, 0.1) is 6.04 Å². The average molecular weight is 341 g/mol. The number of hydrogen-bond acceptors (Lipinski definition) is 3. The highest BCUT2D eigenvalue weighted by Crippen LogP contribution is 2.34. The largest absolute Gasteiger partial charge is 0.381 e. The van der Waals surface area contributed by atoms with Crippen LogP contribution in [0.3, 0.4) is 0 Å². The maximum absolute atomic E-state index is 11.7. The first-order valence-electron chi connectivity index (χ1n) is 6.91. The molecule has 3 N–H and O–H groups in total. The lowest BCUT2D eigenvalue weighted by molar-refractivity contribution is -0.122. The number of halogens is 1. The van der Waals surface area contributed by atoms with Crippen LogP contribution < -0.4 is 11.1 Å². The van der Waals surface area contributed by atoms with Gasteiger partial charge in [-0.1, -0.05) is 28.1 Å². The summed E-state index contributed by atoms with van der Waals surface area (Å²) < 4.78 is 6.54. The lowest BCUT2D eigenvalue weighted by Gasteiger charge is -2.38. The first-order valence-corrected chi connectivity index (χ1v) is 7.70. The maximum atomic E-state index is 11.7. The lowest BCUT2D eigenvalue weighted by Crippen LogP contribution is -2.48. The Kier molecular flexibility index (Phi) is 5.18. The highest BCUT2D eigenvalue weighted by Gasteiger charge is 2.34. The number of carbonyl (C=O) groups is 1. The van der Waals surface area contributed by atoms with Crippen molar-refractivity contribution in [3.05, 3.63) is 34.3 Å². The molecular formula is C15H21BrN2O2. The molecular weight excluding hydrogens is 320 g/mol. The molecule has 0 bridgehead atoms. The Labute approximate surface area is 128 Å². The monoisotopic (exact) mass is 340 g/mol. The topological polar surface area (TPSA) is 64.4 Å². The van der Waals surface area contributed by atoms with E-state index in [9.17, 15) is 4.79 Å². The van der Waals surface area contributed by atoms with Gasteiger partial charge in [0.15, 0.2) is 0 Å². The van der Waals surface area contributed by atoms with Crippen LogP contribution in [-0.2, 0) is 14.9 Å². The van der Waals surface area contributed by atoms with Crippen molar-refractivity contribution >= 4 is 21.8 Å².